The van der Waals surface area contributed by atoms with Crippen molar-refractivity contribution >= 4 is 17.6 Å². The Morgan fingerprint density at radius 2 is 1.91 bits per heavy atom. The Kier molecular flexibility index (Phi) is 6.11. The molecular weight excluding hydrogens is 302 g/mol. The Morgan fingerprint density at radius 1 is 1.23 bits per heavy atom. The highest BCUT2D eigenvalue weighted by Crippen LogP contribution is 2.21. The first-order chi connectivity index (χ1) is 10.4. The molecule has 0 fully saturated rings. The molecule has 118 valence electrons. The molecule has 0 heterocycles. The van der Waals surface area contributed by atoms with Crippen molar-refractivity contribution in [3.8, 4) is 0 Å². The fraction of sp³-hybridized carbons (Fsp3) is 0.231. The summed E-state index contributed by atoms with van der Waals surface area (Å²) in [5, 5.41) is 16.4. The van der Waals surface area contributed by atoms with E-state index in [1.54, 1.807) is 0 Å². The van der Waals surface area contributed by atoms with Gasteiger partial charge in [0.15, 0.2) is 5.82 Å². The molecule has 0 radical (unpaired) electrons. The van der Waals surface area contributed by atoms with Gasteiger partial charge in [-0.25, -0.2) is 13.6 Å². The number of halogens is 2. The van der Waals surface area contributed by atoms with Gasteiger partial charge in [0.2, 0.25) is 5.70 Å². The van der Waals surface area contributed by atoms with Crippen molar-refractivity contribution in [3.05, 3.63) is 41.3 Å². The highest BCUT2D eigenvalue weighted by Gasteiger charge is 2.19. The zero-order valence-electron chi connectivity index (χ0n) is 11.7. The second-order valence-electron chi connectivity index (χ2n) is 3.84. The van der Waals surface area contributed by atoms with Crippen molar-refractivity contribution in [1.82, 2.24) is 0 Å². The van der Waals surface area contributed by atoms with Gasteiger partial charge in [0.25, 0.3) is 0 Å². The third-order valence-electron chi connectivity index (χ3n) is 2.36. The van der Waals surface area contributed by atoms with Crippen LogP contribution in [0.2, 0.25) is 0 Å². The normalized spacial score (nSPS) is 12.0. The van der Waals surface area contributed by atoms with Gasteiger partial charge in [0.1, 0.15) is 23.7 Å². The molecule has 0 aromatic heterocycles. The van der Waals surface area contributed by atoms with Crippen LogP contribution in [0.1, 0.15) is 6.42 Å². The van der Waals surface area contributed by atoms with E-state index >= 15 is 0 Å². The van der Waals surface area contributed by atoms with Crippen LogP contribution >= 0.6 is 0 Å². The smallest absolute Gasteiger partial charge is 0.362 e. The van der Waals surface area contributed by atoms with Crippen LogP contribution in [-0.4, -0.2) is 31.3 Å². The maximum absolute atomic E-state index is 13.4. The number of nitrogens with zero attached hydrogens (tertiary/aromatic N) is 2. The van der Waals surface area contributed by atoms with Gasteiger partial charge in [-0.05, 0) is 12.1 Å². The van der Waals surface area contributed by atoms with Crippen LogP contribution in [0, 0.1) is 11.6 Å². The van der Waals surface area contributed by atoms with Crippen LogP contribution in [-0.2, 0) is 19.1 Å². The van der Waals surface area contributed by atoms with E-state index in [9.17, 15) is 23.5 Å². The number of rotatable bonds is 5. The predicted molar refractivity (Wildman–Crippen MR) is 69.2 cm³/mol. The van der Waals surface area contributed by atoms with Gasteiger partial charge < -0.3 is 14.6 Å². The Morgan fingerprint density at radius 3 is 2.45 bits per heavy atom. The van der Waals surface area contributed by atoms with E-state index < -0.39 is 41.5 Å². The lowest BCUT2D eigenvalue weighted by atomic mass is 10.3. The lowest BCUT2D eigenvalue weighted by molar-refractivity contribution is -0.140. The van der Waals surface area contributed by atoms with Crippen molar-refractivity contribution in [2.45, 2.75) is 6.42 Å². The molecule has 9 heteroatoms. The summed E-state index contributed by atoms with van der Waals surface area (Å²) in [4.78, 5) is 22.5. The molecule has 0 aliphatic carbocycles. The number of carbonyl (C=O) groups excluding carboxylic acids is 2. The molecule has 0 unspecified atom stereocenters. The lowest BCUT2D eigenvalue weighted by Crippen LogP contribution is -2.09. The zero-order chi connectivity index (χ0) is 16.7. The van der Waals surface area contributed by atoms with Crippen molar-refractivity contribution in [1.29, 1.82) is 0 Å². The first-order valence-electron chi connectivity index (χ1n) is 5.83. The fourth-order valence-electron chi connectivity index (χ4n) is 1.27. The monoisotopic (exact) mass is 314 g/mol. The van der Waals surface area contributed by atoms with Crippen LogP contribution in [0.15, 0.2) is 39.9 Å². The molecule has 1 rings (SSSR count). The largest absolute Gasteiger partial charge is 0.509 e. The van der Waals surface area contributed by atoms with Gasteiger partial charge >= 0.3 is 11.9 Å². The van der Waals surface area contributed by atoms with Crippen LogP contribution in [0.5, 0.6) is 0 Å². The third kappa shape index (κ3) is 4.62. The molecule has 0 bridgehead atoms. The minimum absolute atomic E-state index is 0.367. The number of azo groups is 1. The maximum Gasteiger partial charge on any atom is 0.362 e. The second-order valence-corrected chi connectivity index (χ2v) is 3.84. The van der Waals surface area contributed by atoms with Crippen molar-refractivity contribution in [2.75, 3.05) is 14.2 Å². The third-order valence-corrected chi connectivity index (χ3v) is 2.36. The Bertz CT molecular complexity index is 643. The van der Waals surface area contributed by atoms with Crippen LogP contribution in [0.3, 0.4) is 0 Å². The zero-order valence-corrected chi connectivity index (χ0v) is 11.7. The molecule has 0 spiro atoms. The molecule has 0 amide bonds. The molecule has 0 aliphatic heterocycles. The van der Waals surface area contributed by atoms with Gasteiger partial charge in [-0.1, -0.05) is 0 Å². The van der Waals surface area contributed by atoms with E-state index in [1.807, 2.05) is 0 Å². The van der Waals surface area contributed by atoms with E-state index in [0.717, 1.165) is 26.4 Å². The molecule has 0 saturated heterocycles. The predicted octanol–water partition coefficient (Wildman–Crippen LogP) is 2.55. The second kappa shape index (κ2) is 7.81. The highest BCUT2D eigenvalue weighted by molar-refractivity contribution is 5.89. The molecule has 22 heavy (non-hydrogen) atoms. The standard InChI is InChI=1S/C13H12F2N2O5/c1-21-11(19)6-10(18)12(13(20)22-2)17-16-9-4-3-7(14)5-8(9)15/h3-5,18H,6H2,1-2H3/b12-10-,17-16?. The Balaban J connectivity index is 3.13. The van der Waals surface area contributed by atoms with E-state index in [-0.39, 0.29) is 5.69 Å². The summed E-state index contributed by atoms with van der Waals surface area (Å²) >= 11 is 0. The molecule has 1 N–H and O–H groups in total. The summed E-state index contributed by atoms with van der Waals surface area (Å²) in [6.45, 7) is 0. The first kappa shape index (κ1) is 17.2. The first-order valence-corrected chi connectivity index (χ1v) is 5.83. The molecule has 7 nitrogen and oxygen atoms in total. The number of aliphatic hydroxyl groups excluding tert-OH is 1. The van der Waals surface area contributed by atoms with E-state index in [0.29, 0.717) is 6.07 Å². The number of ether oxygens (including phenoxy) is 2. The summed E-state index contributed by atoms with van der Waals surface area (Å²) in [5.74, 6) is -4.51. The number of benzene rings is 1. The number of methoxy groups -OCH3 is 2. The highest BCUT2D eigenvalue weighted by atomic mass is 19.1. The molecule has 0 saturated carbocycles. The SMILES string of the molecule is COC(=O)C/C(O)=C(/N=Nc1ccc(F)cc1F)C(=O)OC. The number of aliphatic hydroxyl groups is 1. The number of esters is 2. The quantitative estimate of drug-likeness (QED) is 0.390. The van der Waals surface area contributed by atoms with Crippen molar-refractivity contribution in [2.24, 2.45) is 10.2 Å². The molecule has 0 atom stereocenters. The number of hydrogen-bond acceptors (Lipinski definition) is 7. The Hall–Kier alpha value is -2.84. The van der Waals surface area contributed by atoms with E-state index in [2.05, 4.69) is 19.7 Å². The fourth-order valence-corrected chi connectivity index (χ4v) is 1.27. The maximum atomic E-state index is 13.4. The minimum atomic E-state index is -1.09. The van der Waals surface area contributed by atoms with Gasteiger partial charge in [-0.3, -0.25) is 4.79 Å². The number of hydrogen-bond donors (Lipinski definition) is 1. The van der Waals surface area contributed by atoms with Crippen molar-refractivity contribution < 1.29 is 33.0 Å². The number of carbonyl (C=O) groups is 2. The molecule has 0 aliphatic rings. The van der Waals surface area contributed by atoms with Crippen LogP contribution in [0.4, 0.5) is 14.5 Å². The summed E-state index contributed by atoms with van der Waals surface area (Å²) in [6, 6.07) is 2.50. The average molecular weight is 314 g/mol. The lowest BCUT2D eigenvalue weighted by Gasteiger charge is -2.03. The molecule has 1 aromatic rings. The van der Waals surface area contributed by atoms with Crippen LogP contribution < -0.4 is 0 Å². The van der Waals surface area contributed by atoms with E-state index in [1.165, 1.54) is 0 Å². The molecule has 1 aromatic carbocycles. The van der Waals surface area contributed by atoms with Gasteiger partial charge in [0.05, 0.1) is 14.2 Å². The molecular formula is C13H12F2N2O5. The minimum Gasteiger partial charge on any atom is -0.509 e. The topological polar surface area (TPSA) is 97.5 Å². The van der Waals surface area contributed by atoms with E-state index in [4.69, 9.17) is 0 Å². The van der Waals surface area contributed by atoms with Crippen LogP contribution in [0.25, 0.3) is 0 Å². The Labute approximate surface area is 123 Å². The summed E-state index contributed by atoms with van der Waals surface area (Å²) in [6.07, 6.45) is -0.647. The summed E-state index contributed by atoms with van der Waals surface area (Å²) in [5.41, 5.74) is -1.06. The summed E-state index contributed by atoms with van der Waals surface area (Å²) in [7, 11) is 2.10. The van der Waals surface area contributed by atoms with Gasteiger partial charge in [-0.2, -0.15) is 0 Å². The van der Waals surface area contributed by atoms with Gasteiger partial charge in [-0.15, -0.1) is 10.2 Å². The van der Waals surface area contributed by atoms with Crippen molar-refractivity contribution in [3.63, 3.8) is 0 Å². The summed E-state index contributed by atoms with van der Waals surface area (Å²) < 4.78 is 34.8. The van der Waals surface area contributed by atoms with Gasteiger partial charge in [0, 0.05) is 6.07 Å². The average Bonchev–Trinajstić information content (AvgIpc) is 2.48.